The Balaban J connectivity index is 1.49. The van der Waals surface area contributed by atoms with Crippen LogP contribution in [0.25, 0.3) is 10.9 Å². The Hall–Kier alpha value is -3.33. The number of fused-ring (bicyclic) bond motifs is 2. The van der Waals surface area contributed by atoms with Gasteiger partial charge in [-0.15, -0.1) is 0 Å². The molecule has 1 aromatic heterocycles. The number of aryl methyl sites for hydroxylation is 1. The van der Waals surface area contributed by atoms with Crippen molar-refractivity contribution in [3.63, 3.8) is 0 Å². The van der Waals surface area contributed by atoms with Crippen LogP contribution in [0, 0.1) is 10.1 Å². The zero-order chi connectivity index (χ0) is 21.3. The van der Waals surface area contributed by atoms with Crippen LogP contribution in [0.3, 0.4) is 0 Å². The molecule has 3 aromatic rings. The van der Waals surface area contributed by atoms with Crippen LogP contribution < -0.4 is 5.32 Å². The number of aromatic nitrogens is 1. The molecule has 0 radical (unpaired) electrons. The van der Waals surface area contributed by atoms with Gasteiger partial charge in [-0.1, -0.05) is 18.2 Å². The number of pyridine rings is 1. The number of para-hydroxylation sites is 1. The van der Waals surface area contributed by atoms with Gasteiger partial charge in [-0.25, -0.2) is 4.79 Å². The number of rotatable bonds is 5. The van der Waals surface area contributed by atoms with Crippen LogP contribution in [0.2, 0.25) is 0 Å². The number of nitrogens with zero attached hydrogens (tertiary/aromatic N) is 2. The Kier molecular flexibility index (Phi) is 5.45. The van der Waals surface area contributed by atoms with E-state index in [2.05, 4.69) is 26.2 Å². The van der Waals surface area contributed by atoms with E-state index in [1.807, 2.05) is 24.3 Å². The van der Waals surface area contributed by atoms with Crippen LogP contribution in [-0.4, -0.2) is 28.4 Å². The third-order valence-corrected chi connectivity index (χ3v) is 5.55. The van der Waals surface area contributed by atoms with Gasteiger partial charge in [0.1, 0.15) is 0 Å². The Bertz CT molecular complexity index is 1190. The number of nitro benzene ring substituents is 1. The maximum absolute atomic E-state index is 12.8. The van der Waals surface area contributed by atoms with Gasteiger partial charge >= 0.3 is 5.97 Å². The van der Waals surface area contributed by atoms with Crippen molar-refractivity contribution in [1.29, 1.82) is 0 Å². The number of carbonyl (C=O) groups is 2. The van der Waals surface area contributed by atoms with Gasteiger partial charge in [0, 0.05) is 27.7 Å². The van der Waals surface area contributed by atoms with Crippen LogP contribution in [0.15, 0.2) is 46.9 Å². The fourth-order valence-electron chi connectivity index (χ4n) is 3.55. The normalized spacial score (nSPS) is 12.4. The summed E-state index contributed by atoms with van der Waals surface area (Å²) in [6.45, 7) is -0.478. The maximum Gasteiger partial charge on any atom is 0.339 e. The highest BCUT2D eigenvalue weighted by molar-refractivity contribution is 9.10. The number of nitro groups is 1. The molecular formula is C21H16BrN3O5. The van der Waals surface area contributed by atoms with Crippen LogP contribution in [0.4, 0.5) is 11.4 Å². The number of halogens is 1. The van der Waals surface area contributed by atoms with Crippen molar-refractivity contribution in [2.24, 2.45) is 0 Å². The predicted molar refractivity (Wildman–Crippen MR) is 113 cm³/mol. The number of ether oxygens (including phenoxy) is 1. The molecule has 0 aliphatic heterocycles. The summed E-state index contributed by atoms with van der Waals surface area (Å²) in [6.07, 6.45) is 2.49. The van der Waals surface area contributed by atoms with Gasteiger partial charge in [0.2, 0.25) is 0 Å². The van der Waals surface area contributed by atoms with Crippen LogP contribution in [0.1, 0.15) is 28.0 Å². The zero-order valence-corrected chi connectivity index (χ0v) is 17.3. The summed E-state index contributed by atoms with van der Waals surface area (Å²) in [5.41, 5.74) is 3.22. The van der Waals surface area contributed by atoms with Crippen molar-refractivity contribution in [2.45, 2.75) is 19.3 Å². The average molecular weight is 470 g/mol. The molecule has 1 heterocycles. The van der Waals surface area contributed by atoms with E-state index in [9.17, 15) is 19.7 Å². The molecule has 0 atom stereocenters. The van der Waals surface area contributed by atoms with Gasteiger partial charge in [-0.3, -0.25) is 19.9 Å². The zero-order valence-electron chi connectivity index (χ0n) is 15.7. The predicted octanol–water partition coefficient (Wildman–Crippen LogP) is 4.19. The van der Waals surface area contributed by atoms with Gasteiger partial charge in [0.05, 0.1) is 21.7 Å². The molecular weight excluding hydrogens is 454 g/mol. The number of non-ortho nitro benzene ring substituents is 1. The third-order valence-electron chi connectivity index (χ3n) is 4.90. The molecule has 1 aliphatic carbocycles. The van der Waals surface area contributed by atoms with Crippen molar-refractivity contribution in [3.8, 4) is 0 Å². The van der Waals surface area contributed by atoms with E-state index in [0.29, 0.717) is 21.1 Å². The fourth-order valence-corrected chi connectivity index (χ4v) is 4.02. The van der Waals surface area contributed by atoms with Gasteiger partial charge in [-0.2, -0.15) is 0 Å². The molecule has 9 heteroatoms. The Morgan fingerprint density at radius 1 is 1.20 bits per heavy atom. The molecule has 30 heavy (non-hydrogen) atoms. The second kappa shape index (κ2) is 8.19. The molecule has 2 aromatic carbocycles. The molecule has 4 rings (SSSR count). The molecule has 8 nitrogen and oxygen atoms in total. The number of benzene rings is 2. The van der Waals surface area contributed by atoms with Crippen LogP contribution >= 0.6 is 15.9 Å². The lowest BCUT2D eigenvalue weighted by Gasteiger charge is -2.12. The summed E-state index contributed by atoms with van der Waals surface area (Å²) in [7, 11) is 0. The highest BCUT2D eigenvalue weighted by atomic mass is 79.9. The topological polar surface area (TPSA) is 111 Å². The lowest BCUT2D eigenvalue weighted by atomic mass is 10.0. The van der Waals surface area contributed by atoms with E-state index >= 15 is 0 Å². The number of esters is 1. The summed E-state index contributed by atoms with van der Waals surface area (Å²) >= 11 is 3.19. The van der Waals surface area contributed by atoms with Crippen LogP contribution in [-0.2, 0) is 22.4 Å². The van der Waals surface area contributed by atoms with Gasteiger partial charge < -0.3 is 10.1 Å². The number of carbonyl (C=O) groups excluding carboxylic acids is 2. The van der Waals surface area contributed by atoms with Crippen molar-refractivity contribution >= 4 is 50.1 Å². The minimum Gasteiger partial charge on any atom is -0.452 e. The van der Waals surface area contributed by atoms with Gasteiger partial charge in [0.15, 0.2) is 6.61 Å². The molecule has 0 bridgehead atoms. The summed E-state index contributed by atoms with van der Waals surface area (Å²) < 4.78 is 5.65. The Morgan fingerprint density at radius 2 is 2.00 bits per heavy atom. The van der Waals surface area contributed by atoms with Crippen molar-refractivity contribution < 1.29 is 19.2 Å². The van der Waals surface area contributed by atoms with Crippen molar-refractivity contribution in [3.05, 3.63) is 73.9 Å². The minimum absolute atomic E-state index is 0.107. The first kappa shape index (κ1) is 20.0. The SMILES string of the molecule is O=C(COC(=O)c1c2c(nc3ccccc13)CCC2)Nc1ccc([N+](=O)[O-])cc1Br. The Morgan fingerprint density at radius 3 is 2.77 bits per heavy atom. The first-order valence-corrected chi connectivity index (χ1v) is 10.0. The second-order valence-electron chi connectivity index (χ2n) is 6.83. The Labute approximate surface area is 179 Å². The molecule has 1 amide bonds. The van der Waals surface area contributed by atoms with E-state index < -0.39 is 23.4 Å². The van der Waals surface area contributed by atoms with E-state index in [1.165, 1.54) is 18.2 Å². The molecule has 0 saturated heterocycles. The largest absolute Gasteiger partial charge is 0.452 e. The highest BCUT2D eigenvalue weighted by Crippen LogP contribution is 2.30. The summed E-state index contributed by atoms with van der Waals surface area (Å²) in [4.78, 5) is 40.0. The lowest BCUT2D eigenvalue weighted by molar-refractivity contribution is -0.384. The summed E-state index contributed by atoms with van der Waals surface area (Å²) in [6, 6.07) is 11.3. The summed E-state index contributed by atoms with van der Waals surface area (Å²) in [5.74, 6) is -1.11. The first-order chi connectivity index (χ1) is 14.4. The molecule has 1 aliphatic rings. The standard InChI is InChI=1S/C21H16BrN3O5/c22-15-10-12(25(28)29)8-9-18(15)24-19(26)11-30-21(27)20-13-4-1-2-6-16(13)23-17-7-3-5-14(17)20/h1-2,4,6,8-10H,3,5,7,11H2,(H,24,26). The monoisotopic (exact) mass is 469 g/mol. The molecule has 0 unspecified atom stereocenters. The number of hydrogen-bond donors (Lipinski definition) is 1. The number of nitrogens with one attached hydrogen (secondary N) is 1. The van der Waals surface area contributed by atoms with E-state index in [0.717, 1.165) is 36.0 Å². The van der Waals surface area contributed by atoms with Gasteiger partial charge in [-0.05, 0) is 52.9 Å². The van der Waals surface area contributed by atoms with E-state index in [-0.39, 0.29) is 5.69 Å². The summed E-state index contributed by atoms with van der Waals surface area (Å²) in [5, 5.41) is 14.1. The molecule has 0 fully saturated rings. The van der Waals surface area contributed by atoms with Crippen LogP contribution in [0.5, 0.6) is 0 Å². The third kappa shape index (κ3) is 3.88. The van der Waals surface area contributed by atoms with Crippen molar-refractivity contribution in [1.82, 2.24) is 4.98 Å². The van der Waals surface area contributed by atoms with Gasteiger partial charge in [0.25, 0.3) is 11.6 Å². The highest BCUT2D eigenvalue weighted by Gasteiger charge is 2.25. The fraction of sp³-hybridized carbons (Fsp3) is 0.190. The maximum atomic E-state index is 12.8. The average Bonchev–Trinajstić information content (AvgIpc) is 3.19. The quantitative estimate of drug-likeness (QED) is 0.340. The van der Waals surface area contributed by atoms with E-state index in [1.54, 1.807) is 0 Å². The number of amides is 1. The number of anilines is 1. The molecule has 1 N–H and O–H groups in total. The second-order valence-corrected chi connectivity index (χ2v) is 7.68. The lowest BCUT2D eigenvalue weighted by Crippen LogP contribution is -2.22. The van der Waals surface area contributed by atoms with Crippen molar-refractivity contribution in [2.75, 3.05) is 11.9 Å². The first-order valence-electron chi connectivity index (χ1n) is 9.25. The minimum atomic E-state index is -0.565. The van der Waals surface area contributed by atoms with E-state index in [4.69, 9.17) is 4.74 Å². The molecule has 152 valence electrons. The smallest absolute Gasteiger partial charge is 0.339 e. The molecule has 0 saturated carbocycles. The number of hydrogen-bond acceptors (Lipinski definition) is 6. The molecule has 0 spiro atoms.